The fraction of sp³-hybridized carbons (Fsp3) is 0.529. The molecule has 2 rings (SSSR count). The topological polar surface area (TPSA) is 18.5 Å². The Hall–Kier alpha value is -0.960. The van der Waals surface area contributed by atoms with Crippen LogP contribution in [-0.4, -0.2) is 19.5 Å². The van der Waals surface area contributed by atoms with Crippen LogP contribution in [0.25, 0.3) is 6.08 Å². The SMILES string of the molecule is COc1cccc(/C=C(/CBr)C2CCCCC2)c1OC. The lowest BCUT2D eigenvalue weighted by Gasteiger charge is -2.24. The van der Waals surface area contributed by atoms with Crippen LogP contribution in [-0.2, 0) is 0 Å². The summed E-state index contributed by atoms with van der Waals surface area (Å²) in [5.74, 6) is 2.32. The molecule has 0 spiro atoms. The second kappa shape index (κ2) is 7.72. The number of hydrogen-bond acceptors (Lipinski definition) is 2. The van der Waals surface area contributed by atoms with Crippen molar-refractivity contribution in [3.8, 4) is 11.5 Å². The molecular formula is C17H23BrO2. The van der Waals surface area contributed by atoms with Gasteiger partial charge >= 0.3 is 0 Å². The first kappa shape index (κ1) is 15.4. The molecule has 0 radical (unpaired) electrons. The summed E-state index contributed by atoms with van der Waals surface area (Å²) < 4.78 is 10.9. The van der Waals surface area contributed by atoms with Gasteiger partial charge in [-0.2, -0.15) is 0 Å². The van der Waals surface area contributed by atoms with E-state index in [2.05, 4.69) is 28.1 Å². The van der Waals surface area contributed by atoms with E-state index in [9.17, 15) is 0 Å². The maximum absolute atomic E-state index is 5.52. The van der Waals surface area contributed by atoms with Crippen molar-refractivity contribution in [3.05, 3.63) is 29.3 Å². The van der Waals surface area contributed by atoms with Gasteiger partial charge in [-0.3, -0.25) is 0 Å². The van der Waals surface area contributed by atoms with Crippen LogP contribution in [0.3, 0.4) is 0 Å². The molecule has 1 saturated carbocycles. The Morgan fingerprint density at radius 2 is 1.95 bits per heavy atom. The highest BCUT2D eigenvalue weighted by molar-refractivity contribution is 9.09. The first-order valence-corrected chi connectivity index (χ1v) is 8.39. The third-order valence-electron chi connectivity index (χ3n) is 4.06. The number of methoxy groups -OCH3 is 2. The van der Waals surface area contributed by atoms with Gasteiger partial charge in [0.25, 0.3) is 0 Å². The molecule has 0 N–H and O–H groups in total. The number of ether oxygens (including phenoxy) is 2. The Kier molecular flexibility index (Phi) is 5.96. The number of alkyl halides is 1. The van der Waals surface area contributed by atoms with Gasteiger partial charge in [0.15, 0.2) is 11.5 Å². The van der Waals surface area contributed by atoms with Gasteiger partial charge in [-0.1, -0.05) is 59.0 Å². The normalized spacial score (nSPS) is 17.1. The standard InChI is InChI=1S/C17H23BrO2/c1-19-16-10-6-9-14(17(16)20-2)11-15(12-18)13-7-4-3-5-8-13/h6,9-11,13H,3-5,7-8,12H2,1-2H3/b15-11-. The summed E-state index contributed by atoms with van der Waals surface area (Å²) in [5.41, 5.74) is 2.57. The molecule has 1 aliphatic carbocycles. The third kappa shape index (κ3) is 3.57. The molecule has 1 aromatic rings. The van der Waals surface area contributed by atoms with Crippen LogP contribution < -0.4 is 9.47 Å². The van der Waals surface area contributed by atoms with Gasteiger partial charge in [0.1, 0.15) is 0 Å². The maximum Gasteiger partial charge on any atom is 0.167 e. The number of para-hydroxylation sites is 1. The fourth-order valence-corrected chi connectivity index (χ4v) is 3.58. The molecule has 3 heteroatoms. The summed E-state index contributed by atoms with van der Waals surface area (Å²) in [6.07, 6.45) is 8.97. The van der Waals surface area contributed by atoms with Crippen molar-refractivity contribution >= 4 is 22.0 Å². The molecule has 1 aromatic carbocycles. The minimum atomic E-state index is 0.707. The fourth-order valence-electron chi connectivity index (χ4n) is 2.96. The highest BCUT2D eigenvalue weighted by Gasteiger charge is 2.18. The zero-order valence-corrected chi connectivity index (χ0v) is 13.9. The lowest BCUT2D eigenvalue weighted by atomic mass is 9.83. The highest BCUT2D eigenvalue weighted by Crippen LogP contribution is 2.36. The molecule has 0 aliphatic heterocycles. The molecule has 110 valence electrons. The summed E-state index contributed by atoms with van der Waals surface area (Å²) in [6.45, 7) is 0. The molecular weight excluding hydrogens is 316 g/mol. The molecule has 1 aliphatic rings. The Morgan fingerprint density at radius 1 is 1.20 bits per heavy atom. The van der Waals surface area contributed by atoms with Crippen LogP contribution in [0.15, 0.2) is 23.8 Å². The van der Waals surface area contributed by atoms with Crippen molar-refractivity contribution in [1.29, 1.82) is 0 Å². The molecule has 1 fully saturated rings. The van der Waals surface area contributed by atoms with E-state index in [1.165, 1.54) is 37.7 Å². The highest BCUT2D eigenvalue weighted by atomic mass is 79.9. The van der Waals surface area contributed by atoms with Crippen molar-refractivity contribution in [2.24, 2.45) is 5.92 Å². The van der Waals surface area contributed by atoms with Gasteiger partial charge in [0, 0.05) is 10.9 Å². The predicted molar refractivity (Wildman–Crippen MR) is 87.9 cm³/mol. The number of benzene rings is 1. The zero-order chi connectivity index (χ0) is 14.4. The van der Waals surface area contributed by atoms with Gasteiger partial charge in [0.05, 0.1) is 14.2 Å². The summed E-state index contributed by atoms with van der Waals surface area (Å²) in [5, 5.41) is 0.929. The average Bonchev–Trinajstić information content (AvgIpc) is 2.52. The number of allylic oxidation sites excluding steroid dienone is 1. The van der Waals surface area contributed by atoms with Gasteiger partial charge in [-0.25, -0.2) is 0 Å². The summed E-state index contributed by atoms with van der Waals surface area (Å²) >= 11 is 3.65. The minimum Gasteiger partial charge on any atom is -0.493 e. The molecule has 0 heterocycles. The molecule has 0 amide bonds. The van der Waals surface area contributed by atoms with E-state index in [0.717, 1.165) is 22.4 Å². The van der Waals surface area contributed by atoms with Crippen LogP contribution in [0.4, 0.5) is 0 Å². The van der Waals surface area contributed by atoms with Gasteiger partial charge in [0.2, 0.25) is 0 Å². The molecule has 0 unspecified atom stereocenters. The predicted octanol–water partition coefficient (Wildman–Crippen LogP) is 5.06. The molecule has 0 saturated heterocycles. The molecule has 0 atom stereocenters. The van der Waals surface area contributed by atoms with E-state index in [-0.39, 0.29) is 0 Å². The monoisotopic (exact) mass is 338 g/mol. The Labute approximate surface area is 130 Å². The van der Waals surface area contributed by atoms with E-state index in [1.54, 1.807) is 14.2 Å². The summed E-state index contributed by atoms with van der Waals surface area (Å²) in [6, 6.07) is 6.04. The van der Waals surface area contributed by atoms with E-state index in [1.807, 2.05) is 12.1 Å². The van der Waals surface area contributed by atoms with Crippen molar-refractivity contribution in [2.45, 2.75) is 32.1 Å². The Balaban J connectivity index is 2.31. The third-order valence-corrected chi connectivity index (χ3v) is 4.71. The summed E-state index contributed by atoms with van der Waals surface area (Å²) in [4.78, 5) is 0. The molecule has 2 nitrogen and oxygen atoms in total. The van der Waals surface area contributed by atoms with E-state index in [4.69, 9.17) is 9.47 Å². The van der Waals surface area contributed by atoms with Gasteiger partial charge in [-0.05, 0) is 24.8 Å². The molecule has 0 aromatic heterocycles. The van der Waals surface area contributed by atoms with Crippen LogP contribution in [0.5, 0.6) is 11.5 Å². The number of halogens is 1. The van der Waals surface area contributed by atoms with E-state index < -0.39 is 0 Å². The van der Waals surface area contributed by atoms with Gasteiger partial charge < -0.3 is 9.47 Å². The van der Waals surface area contributed by atoms with Crippen molar-refractivity contribution in [1.82, 2.24) is 0 Å². The van der Waals surface area contributed by atoms with E-state index in [0.29, 0.717) is 5.92 Å². The van der Waals surface area contributed by atoms with Crippen LogP contribution in [0.1, 0.15) is 37.7 Å². The van der Waals surface area contributed by atoms with Crippen molar-refractivity contribution in [2.75, 3.05) is 19.5 Å². The minimum absolute atomic E-state index is 0.707. The lowest BCUT2D eigenvalue weighted by Crippen LogP contribution is -2.10. The first-order chi connectivity index (χ1) is 9.80. The Bertz CT molecular complexity index is 462. The van der Waals surface area contributed by atoms with E-state index >= 15 is 0 Å². The first-order valence-electron chi connectivity index (χ1n) is 7.27. The van der Waals surface area contributed by atoms with Crippen molar-refractivity contribution in [3.63, 3.8) is 0 Å². The number of hydrogen-bond donors (Lipinski definition) is 0. The van der Waals surface area contributed by atoms with Crippen LogP contribution in [0.2, 0.25) is 0 Å². The molecule has 0 bridgehead atoms. The van der Waals surface area contributed by atoms with Crippen LogP contribution in [0, 0.1) is 5.92 Å². The van der Waals surface area contributed by atoms with Crippen LogP contribution >= 0.6 is 15.9 Å². The Morgan fingerprint density at radius 3 is 2.55 bits per heavy atom. The summed E-state index contributed by atoms with van der Waals surface area (Å²) in [7, 11) is 3.38. The average molecular weight is 339 g/mol. The lowest BCUT2D eigenvalue weighted by molar-refractivity contribution is 0.354. The number of rotatable bonds is 5. The second-order valence-corrected chi connectivity index (χ2v) is 5.83. The molecule has 20 heavy (non-hydrogen) atoms. The van der Waals surface area contributed by atoms with Crippen molar-refractivity contribution < 1.29 is 9.47 Å². The second-order valence-electron chi connectivity index (χ2n) is 5.27. The quantitative estimate of drug-likeness (QED) is 0.698. The van der Waals surface area contributed by atoms with Gasteiger partial charge in [-0.15, -0.1) is 0 Å². The maximum atomic E-state index is 5.52. The largest absolute Gasteiger partial charge is 0.493 e. The zero-order valence-electron chi connectivity index (χ0n) is 12.3. The smallest absolute Gasteiger partial charge is 0.167 e.